The molecule has 0 bridgehead atoms. The largest absolute Gasteiger partial charge is 0.466 e. The SMILES string of the molecule is O=C(CCC(=O)OCCCCO[N+](=O)[O-])Nc1cccc2cc3c(nc12)CCCC3. The van der Waals surface area contributed by atoms with Gasteiger partial charge in [-0.25, -0.2) is 0 Å². The number of rotatable bonds is 10. The second-order valence-corrected chi connectivity index (χ2v) is 7.21. The Morgan fingerprint density at radius 1 is 1.13 bits per heavy atom. The molecular formula is C21H25N3O6. The van der Waals surface area contributed by atoms with Gasteiger partial charge in [0.05, 0.1) is 30.8 Å². The lowest BCUT2D eigenvalue weighted by Gasteiger charge is -2.17. The van der Waals surface area contributed by atoms with Crippen LogP contribution >= 0.6 is 0 Å². The number of hydrogen-bond donors (Lipinski definition) is 1. The topological polar surface area (TPSA) is 121 Å². The number of nitrogens with one attached hydrogen (secondary N) is 1. The van der Waals surface area contributed by atoms with Gasteiger partial charge in [0.2, 0.25) is 5.91 Å². The first-order chi connectivity index (χ1) is 14.5. The summed E-state index contributed by atoms with van der Waals surface area (Å²) in [5, 5.41) is 13.0. The minimum Gasteiger partial charge on any atom is -0.466 e. The molecule has 0 unspecified atom stereocenters. The molecule has 9 heteroatoms. The molecule has 2 aromatic rings. The van der Waals surface area contributed by atoms with Crippen molar-refractivity contribution in [2.24, 2.45) is 0 Å². The van der Waals surface area contributed by atoms with Gasteiger partial charge in [0.25, 0.3) is 5.09 Å². The van der Waals surface area contributed by atoms with Crippen LogP contribution < -0.4 is 5.32 Å². The van der Waals surface area contributed by atoms with Gasteiger partial charge in [-0.3, -0.25) is 14.6 Å². The van der Waals surface area contributed by atoms with Crippen LogP contribution in [0.1, 0.15) is 49.8 Å². The normalized spacial score (nSPS) is 12.8. The standard InChI is InChI=1S/C21H25N3O6/c25-19(10-11-20(26)29-12-3-4-13-30-24(27)28)22-18-9-5-7-16-14-15-6-1-2-8-17(15)23-21(16)18/h5,7,9,14H,1-4,6,8,10-13H2,(H,22,25). The molecular weight excluding hydrogens is 390 g/mol. The van der Waals surface area contributed by atoms with Crippen molar-refractivity contribution >= 4 is 28.5 Å². The van der Waals surface area contributed by atoms with Gasteiger partial charge in [-0.1, -0.05) is 12.1 Å². The highest BCUT2D eigenvalue weighted by atomic mass is 16.9. The Morgan fingerprint density at radius 3 is 2.77 bits per heavy atom. The summed E-state index contributed by atoms with van der Waals surface area (Å²) in [6.07, 6.45) is 5.14. The number of pyridine rings is 1. The Bertz CT molecular complexity index is 930. The Kier molecular flexibility index (Phi) is 7.53. The number of fused-ring (bicyclic) bond motifs is 2. The second kappa shape index (κ2) is 10.5. The molecule has 1 aromatic carbocycles. The first kappa shape index (κ1) is 21.5. The summed E-state index contributed by atoms with van der Waals surface area (Å²) in [5.41, 5.74) is 3.80. The first-order valence-electron chi connectivity index (χ1n) is 10.2. The van der Waals surface area contributed by atoms with Gasteiger partial charge in [0.1, 0.15) is 0 Å². The number of carbonyl (C=O) groups excluding carboxylic acids is 2. The summed E-state index contributed by atoms with van der Waals surface area (Å²) >= 11 is 0. The van der Waals surface area contributed by atoms with Crippen molar-refractivity contribution < 1.29 is 24.3 Å². The fourth-order valence-electron chi connectivity index (χ4n) is 3.45. The molecule has 3 rings (SSSR count). The number of hydrogen-bond acceptors (Lipinski definition) is 7. The number of aromatic nitrogens is 1. The number of esters is 1. The van der Waals surface area contributed by atoms with E-state index in [4.69, 9.17) is 9.72 Å². The molecule has 1 aliphatic carbocycles. The molecule has 0 saturated heterocycles. The molecule has 0 saturated carbocycles. The van der Waals surface area contributed by atoms with Crippen molar-refractivity contribution in [3.63, 3.8) is 0 Å². The van der Waals surface area contributed by atoms with Crippen LogP contribution in [0.15, 0.2) is 24.3 Å². The van der Waals surface area contributed by atoms with Gasteiger partial charge in [0, 0.05) is 17.5 Å². The Morgan fingerprint density at radius 2 is 1.93 bits per heavy atom. The van der Waals surface area contributed by atoms with Crippen LogP contribution in [-0.4, -0.2) is 35.2 Å². The second-order valence-electron chi connectivity index (χ2n) is 7.21. The summed E-state index contributed by atoms with van der Waals surface area (Å²) in [6.45, 7) is 0.106. The van der Waals surface area contributed by atoms with E-state index < -0.39 is 11.1 Å². The molecule has 1 heterocycles. The van der Waals surface area contributed by atoms with Gasteiger partial charge in [-0.2, -0.15) is 0 Å². The predicted octanol–water partition coefficient (Wildman–Crippen LogP) is 3.36. The molecule has 0 radical (unpaired) electrons. The Hall–Kier alpha value is -3.23. The first-order valence-corrected chi connectivity index (χ1v) is 10.2. The highest BCUT2D eigenvalue weighted by molar-refractivity contribution is 6.01. The van der Waals surface area contributed by atoms with Crippen LogP contribution in [-0.2, 0) is 32.0 Å². The quantitative estimate of drug-likeness (QED) is 0.273. The van der Waals surface area contributed by atoms with E-state index in [1.54, 1.807) is 0 Å². The molecule has 30 heavy (non-hydrogen) atoms. The molecule has 0 atom stereocenters. The molecule has 1 aliphatic rings. The van der Waals surface area contributed by atoms with Crippen molar-refractivity contribution in [2.45, 2.75) is 51.4 Å². The third-order valence-corrected chi connectivity index (χ3v) is 4.95. The van der Waals surface area contributed by atoms with E-state index in [1.165, 1.54) is 12.0 Å². The average Bonchev–Trinajstić information content (AvgIpc) is 2.73. The lowest BCUT2D eigenvalue weighted by molar-refractivity contribution is -0.757. The maximum Gasteiger partial charge on any atom is 0.306 e. The monoisotopic (exact) mass is 415 g/mol. The molecule has 160 valence electrons. The maximum absolute atomic E-state index is 12.3. The molecule has 0 aliphatic heterocycles. The minimum absolute atomic E-state index is 0.00456. The highest BCUT2D eigenvalue weighted by Gasteiger charge is 2.15. The van der Waals surface area contributed by atoms with Gasteiger partial charge in [-0.15, -0.1) is 10.1 Å². The number of ether oxygens (including phenoxy) is 1. The van der Waals surface area contributed by atoms with Crippen molar-refractivity contribution in [1.82, 2.24) is 4.98 Å². The van der Waals surface area contributed by atoms with Crippen molar-refractivity contribution in [2.75, 3.05) is 18.5 Å². The van der Waals surface area contributed by atoms with Crippen molar-refractivity contribution in [3.8, 4) is 0 Å². The molecule has 9 nitrogen and oxygen atoms in total. The van der Waals surface area contributed by atoms with E-state index >= 15 is 0 Å². The van der Waals surface area contributed by atoms with Crippen LogP contribution in [0.5, 0.6) is 0 Å². The average molecular weight is 415 g/mol. The molecule has 0 fully saturated rings. The van der Waals surface area contributed by atoms with Crippen molar-refractivity contribution in [3.05, 3.63) is 45.6 Å². The highest BCUT2D eigenvalue weighted by Crippen LogP contribution is 2.28. The number of carbonyl (C=O) groups is 2. The number of aryl methyl sites for hydroxylation is 2. The van der Waals surface area contributed by atoms with Crippen LogP contribution in [0.25, 0.3) is 10.9 Å². The predicted molar refractivity (Wildman–Crippen MR) is 109 cm³/mol. The van der Waals surface area contributed by atoms with Crippen LogP contribution in [0.2, 0.25) is 0 Å². The summed E-state index contributed by atoms with van der Waals surface area (Å²) in [7, 11) is 0. The molecule has 0 spiro atoms. The number of para-hydroxylation sites is 1. The summed E-state index contributed by atoms with van der Waals surface area (Å²) in [5.74, 6) is -0.760. The third kappa shape index (κ3) is 6.13. The Balaban J connectivity index is 1.46. The van der Waals surface area contributed by atoms with Gasteiger partial charge in [-0.05, 0) is 56.2 Å². The van der Waals surface area contributed by atoms with E-state index in [0.717, 1.165) is 35.9 Å². The lowest BCUT2D eigenvalue weighted by Crippen LogP contribution is -2.15. The van der Waals surface area contributed by atoms with Crippen molar-refractivity contribution in [1.29, 1.82) is 0 Å². The summed E-state index contributed by atoms with van der Waals surface area (Å²) < 4.78 is 5.03. The number of anilines is 1. The van der Waals surface area contributed by atoms with Crippen LogP contribution in [0.3, 0.4) is 0 Å². The zero-order chi connectivity index (χ0) is 21.3. The van der Waals surface area contributed by atoms with E-state index in [1.807, 2.05) is 18.2 Å². The maximum atomic E-state index is 12.3. The van der Waals surface area contributed by atoms with E-state index in [0.29, 0.717) is 18.5 Å². The zero-order valence-electron chi connectivity index (χ0n) is 16.7. The van der Waals surface area contributed by atoms with Crippen LogP contribution in [0, 0.1) is 10.1 Å². The Labute approximate surface area is 173 Å². The van der Waals surface area contributed by atoms with E-state index in [9.17, 15) is 19.7 Å². The fraction of sp³-hybridized carbons (Fsp3) is 0.476. The smallest absolute Gasteiger partial charge is 0.306 e. The van der Waals surface area contributed by atoms with E-state index in [-0.39, 0.29) is 32.0 Å². The molecule has 1 N–H and O–H groups in total. The number of unbranched alkanes of at least 4 members (excludes halogenated alkanes) is 1. The van der Waals surface area contributed by atoms with E-state index in [2.05, 4.69) is 16.2 Å². The number of nitrogens with zero attached hydrogens (tertiary/aromatic N) is 2. The van der Waals surface area contributed by atoms with Gasteiger partial charge < -0.3 is 14.9 Å². The zero-order valence-corrected chi connectivity index (χ0v) is 16.7. The molecule has 1 amide bonds. The summed E-state index contributed by atoms with van der Waals surface area (Å²) in [6, 6.07) is 7.83. The fourth-order valence-corrected chi connectivity index (χ4v) is 3.45. The molecule has 1 aromatic heterocycles. The van der Waals surface area contributed by atoms with Crippen LogP contribution in [0.4, 0.5) is 5.69 Å². The number of benzene rings is 1. The third-order valence-electron chi connectivity index (χ3n) is 4.95. The van der Waals surface area contributed by atoms with Gasteiger partial charge >= 0.3 is 5.97 Å². The van der Waals surface area contributed by atoms with Gasteiger partial charge in [0.15, 0.2) is 0 Å². The lowest BCUT2D eigenvalue weighted by atomic mass is 9.94. The minimum atomic E-state index is -0.856. The number of amides is 1. The summed E-state index contributed by atoms with van der Waals surface area (Å²) in [4.78, 5) is 43.0.